The molecule has 2 amide bonds. The third-order valence-electron chi connectivity index (χ3n) is 2.23. The molecule has 1 aromatic carbocycles. The predicted molar refractivity (Wildman–Crippen MR) is 53.1 cm³/mol. The summed E-state index contributed by atoms with van der Waals surface area (Å²) in [4.78, 5) is 21.3. The van der Waals surface area contributed by atoms with Crippen LogP contribution >= 0.6 is 0 Å². The predicted octanol–water partition coefficient (Wildman–Crippen LogP) is 1.14. The first-order chi connectivity index (χ1) is 6.79. The minimum atomic E-state index is 0.0496. The third-order valence-corrected chi connectivity index (χ3v) is 2.23. The second-order valence-corrected chi connectivity index (χ2v) is 3.18. The van der Waals surface area contributed by atoms with Gasteiger partial charge in [-0.05, 0) is 30.2 Å². The molecule has 0 radical (unpaired) electrons. The van der Waals surface area contributed by atoms with E-state index < -0.39 is 0 Å². The van der Waals surface area contributed by atoms with Crippen LogP contribution in [0.2, 0.25) is 0 Å². The van der Waals surface area contributed by atoms with Crippen molar-refractivity contribution in [1.82, 2.24) is 0 Å². The standard InChI is InChI=1S/C10H10N2O2/c13-6-11-8-2-3-9-7(5-8)1-4-10(14)12-9/h2-3,5-6H,1,4H2,(H,11,13)(H,12,14). The van der Waals surface area contributed by atoms with Crippen molar-refractivity contribution in [2.75, 3.05) is 10.6 Å². The summed E-state index contributed by atoms with van der Waals surface area (Å²) in [7, 11) is 0. The minimum absolute atomic E-state index is 0.0496. The van der Waals surface area contributed by atoms with Crippen molar-refractivity contribution in [3.63, 3.8) is 0 Å². The molecule has 0 saturated heterocycles. The van der Waals surface area contributed by atoms with E-state index >= 15 is 0 Å². The molecule has 0 unspecified atom stereocenters. The van der Waals surface area contributed by atoms with Gasteiger partial charge in [-0.15, -0.1) is 0 Å². The number of aryl methyl sites for hydroxylation is 1. The maximum Gasteiger partial charge on any atom is 0.224 e. The van der Waals surface area contributed by atoms with Crippen LogP contribution in [0.5, 0.6) is 0 Å². The second kappa shape index (κ2) is 3.49. The highest BCUT2D eigenvalue weighted by molar-refractivity contribution is 5.94. The van der Waals surface area contributed by atoms with Crippen LogP contribution in [0.15, 0.2) is 18.2 Å². The van der Waals surface area contributed by atoms with E-state index in [0.29, 0.717) is 12.8 Å². The van der Waals surface area contributed by atoms with Crippen LogP contribution in [0, 0.1) is 0 Å². The lowest BCUT2D eigenvalue weighted by atomic mass is 10.0. The summed E-state index contributed by atoms with van der Waals surface area (Å²) in [6, 6.07) is 5.44. The summed E-state index contributed by atoms with van der Waals surface area (Å²) in [6.45, 7) is 0. The molecule has 72 valence electrons. The normalized spacial score (nSPS) is 14.1. The van der Waals surface area contributed by atoms with Crippen LogP contribution in [-0.2, 0) is 16.0 Å². The molecule has 0 bridgehead atoms. The number of benzene rings is 1. The molecule has 1 aliphatic heterocycles. The van der Waals surface area contributed by atoms with E-state index in [4.69, 9.17) is 0 Å². The molecule has 14 heavy (non-hydrogen) atoms. The number of fused-ring (bicyclic) bond motifs is 1. The van der Waals surface area contributed by atoms with E-state index in [-0.39, 0.29) is 5.91 Å². The molecule has 2 N–H and O–H groups in total. The Bertz CT molecular complexity index is 388. The summed E-state index contributed by atoms with van der Waals surface area (Å²) in [5.74, 6) is 0.0496. The zero-order chi connectivity index (χ0) is 9.97. The zero-order valence-electron chi connectivity index (χ0n) is 7.54. The lowest BCUT2D eigenvalue weighted by molar-refractivity contribution is -0.116. The van der Waals surface area contributed by atoms with Gasteiger partial charge in [-0.2, -0.15) is 0 Å². The van der Waals surface area contributed by atoms with Crippen LogP contribution in [0.4, 0.5) is 11.4 Å². The molecule has 1 aliphatic rings. The van der Waals surface area contributed by atoms with Crippen molar-refractivity contribution in [1.29, 1.82) is 0 Å². The number of amides is 2. The highest BCUT2D eigenvalue weighted by Gasteiger charge is 2.14. The van der Waals surface area contributed by atoms with E-state index in [1.54, 1.807) is 12.1 Å². The van der Waals surface area contributed by atoms with Crippen molar-refractivity contribution in [2.24, 2.45) is 0 Å². The molecule has 0 atom stereocenters. The van der Waals surface area contributed by atoms with Crippen LogP contribution in [0.1, 0.15) is 12.0 Å². The van der Waals surface area contributed by atoms with Gasteiger partial charge in [0.2, 0.25) is 12.3 Å². The molecule has 2 rings (SSSR count). The Labute approximate surface area is 81.3 Å². The Morgan fingerprint density at radius 1 is 1.36 bits per heavy atom. The lowest BCUT2D eigenvalue weighted by Gasteiger charge is -2.17. The van der Waals surface area contributed by atoms with Gasteiger partial charge in [0.15, 0.2) is 0 Å². The Balaban J connectivity index is 2.31. The number of hydrogen-bond donors (Lipinski definition) is 2. The Morgan fingerprint density at radius 3 is 3.00 bits per heavy atom. The van der Waals surface area contributed by atoms with E-state index in [0.717, 1.165) is 23.4 Å². The average Bonchev–Trinajstić information content (AvgIpc) is 2.19. The molecular weight excluding hydrogens is 180 g/mol. The highest BCUT2D eigenvalue weighted by atomic mass is 16.1. The van der Waals surface area contributed by atoms with Gasteiger partial charge >= 0.3 is 0 Å². The van der Waals surface area contributed by atoms with Gasteiger partial charge in [0.05, 0.1) is 0 Å². The quantitative estimate of drug-likeness (QED) is 0.687. The third kappa shape index (κ3) is 1.59. The summed E-state index contributed by atoms with van der Waals surface area (Å²) in [6.07, 6.45) is 1.89. The Hall–Kier alpha value is -1.84. The van der Waals surface area contributed by atoms with Crippen molar-refractivity contribution in [2.45, 2.75) is 12.8 Å². The smallest absolute Gasteiger partial charge is 0.224 e. The maximum absolute atomic E-state index is 11.1. The number of nitrogens with one attached hydrogen (secondary N) is 2. The maximum atomic E-state index is 11.1. The summed E-state index contributed by atoms with van der Waals surface area (Å²) in [5.41, 5.74) is 2.67. The van der Waals surface area contributed by atoms with E-state index in [1.165, 1.54) is 0 Å². The molecule has 4 heteroatoms. The van der Waals surface area contributed by atoms with Crippen molar-refractivity contribution >= 4 is 23.7 Å². The summed E-state index contributed by atoms with van der Waals surface area (Å²) in [5, 5.41) is 5.35. The second-order valence-electron chi connectivity index (χ2n) is 3.18. The first kappa shape index (κ1) is 8.74. The van der Waals surface area contributed by atoms with Gasteiger partial charge in [0.1, 0.15) is 0 Å². The van der Waals surface area contributed by atoms with Crippen molar-refractivity contribution in [3.05, 3.63) is 23.8 Å². The highest BCUT2D eigenvalue weighted by Crippen LogP contribution is 2.25. The molecular formula is C10H10N2O2. The number of rotatable bonds is 2. The summed E-state index contributed by atoms with van der Waals surface area (Å²) < 4.78 is 0. The number of carbonyl (C=O) groups is 2. The number of carbonyl (C=O) groups excluding carboxylic acids is 2. The van der Waals surface area contributed by atoms with Gasteiger partial charge in [-0.25, -0.2) is 0 Å². The SMILES string of the molecule is O=CNc1ccc2c(c1)CCC(=O)N2. The van der Waals surface area contributed by atoms with Crippen molar-refractivity contribution in [3.8, 4) is 0 Å². The van der Waals surface area contributed by atoms with Crippen LogP contribution in [0.25, 0.3) is 0 Å². The van der Waals surface area contributed by atoms with Crippen LogP contribution < -0.4 is 10.6 Å². The molecule has 4 nitrogen and oxygen atoms in total. The fraction of sp³-hybridized carbons (Fsp3) is 0.200. The molecule has 0 spiro atoms. The first-order valence-corrected chi connectivity index (χ1v) is 4.42. The van der Waals surface area contributed by atoms with Crippen LogP contribution in [0.3, 0.4) is 0 Å². The minimum Gasteiger partial charge on any atom is -0.329 e. The largest absolute Gasteiger partial charge is 0.329 e. The molecule has 1 aromatic rings. The van der Waals surface area contributed by atoms with Gasteiger partial charge < -0.3 is 10.6 Å². The van der Waals surface area contributed by atoms with E-state index in [9.17, 15) is 9.59 Å². The molecule has 0 fully saturated rings. The molecule has 0 saturated carbocycles. The van der Waals surface area contributed by atoms with Crippen LogP contribution in [-0.4, -0.2) is 12.3 Å². The molecule has 1 heterocycles. The van der Waals surface area contributed by atoms with Gasteiger partial charge in [0.25, 0.3) is 0 Å². The fourth-order valence-electron chi connectivity index (χ4n) is 1.54. The lowest BCUT2D eigenvalue weighted by Crippen LogP contribution is -2.18. The topological polar surface area (TPSA) is 58.2 Å². The number of anilines is 2. The fourth-order valence-corrected chi connectivity index (χ4v) is 1.54. The monoisotopic (exact) mass is 190 g/mol. The number of hydrogen-bond acceptors (Lipinski definition) is 2. The van der Waals surface area contributed by atoms with Gasteiger partial charge in [0, 0.05) is 17.8 Å². The van der Waals surface area contributed by atoms with E-state index in [2.05, 4.69) is 10.6 Å². The molecule has 0 aromatic heterocycles. The zero-order valence-corrected chi connectivity index (χ0v) is 7.54. The Morgan fingerprint density at radius 2 is 2.21 bits per heavy atom. The first-order valence-electron chi connectivity index (χ1n) is 4.42. The van der Waals surface area contributed by atoms with E-state index in [1.807, 2.05) is 6.07 Å². The summed E-state index contributed by atoms with van der Waals surface area (Å²) >= 11 is 0. The van der Waals surface area contributed by atoms with Crippen molar-refractivity contribution < 1.29 is 9.59 Å². The Kier molecular flexibility index (Phi) is 2.18. The average molecular weight is 190 g/mol. The van der Waals surface area contributed by atoms with Gasteiger partial charge in [-0.3, -0.25) is 9.59 Å². The van der Waals surface area contributed by atoms with Gasteiger partial charge in [-0.1, -0.05) is 0 Å². The molecule has 0 aliphatic carbocycles.